The summed E-state index contributed by atoms with van der Waals surface area (Å²) in [6.07, 6.45) is -1.23. The van der Waals surface area contributed by atoms with E-state index in [1.54, 1.807) is 0 Å². The summed E-state index contributed by atoms with van der Waals surface area (Å²) < 4.78 is 0. The van der Waals surface area contributed by atoms with E-state index in [-0.39, 0.29) is 0 Å². The molecule has 1 rings (SSSR count). The first-order valence-corrected chi connectivity index (χ1v) is 3.55. The Morgan fingerprint density at radius 3 is 1.33 bits per heavy atom. The Kier molecular flexibility index (Phi) is 5.65. The fourth-order valence-corrected chi connectivity index (χ4v) is 0.385. The molecule has 3 nitrogen and oxygen atoms in total. The Morgan fingerprint density at radius 2 is 1.25 bits per heavy atom. The Labute approximate surface area is 71.3 Å². The molecule has 0 bridgehead atoms. The van der Waals surface area contributed by atoms with Gasteiger partial charge in [0.2, 0.25) is 0 Å². The quantitative estimate of drug-likeness (QED) is 0.661. The van der Waals surface area contributed by atoms with Crippen molar-refractivity contribution in [3.63, 3.8) is 0 Å². The smallest absolute Gasteiger partial charge is 0.332 e. The van der Waals surface area contributed by atoms with E-state index in [0.29, 0.717) is 0 Å². The molecule has 0 aliphatic rings. The number of carboxylic acids is 1. The van der Waals surface area contributed by atoms with Crippen LogP contribution < -0.4 is 0 Å². The minimum Gasteiger partial charge on any atom is -0.479 e. The molecule has 0 amide bonds. The summed E-state index contributed by atoms with van der Waals surface area (Å²) in [5.41, 5.74) is 0. The van der Waals surface area contributed by atoms with Gasteiger partial charge in [0.25, 0.3) is 0 Å². The fraction of sp³-hybridized carbons (Fsp3) is 0.222. The lowest BCUT2D eigenvalue weighted by molar-refractivity contribution is -0.145. The highest BCUT2D eigenvalue weighted by atomic mass is 16.4. The van der Waals surface area contributed by atoms with Gasteiger partial charge in [0.15, 0.2) is 0 Å². The van der Waals surface area contributed by atoms with Crippen molar-refractivity contribution in [2.45, 2.75) is 13.0 Å². The van der Waals surface area contributed by atoms with E-state index >= 15 is 0 Å². The van der Waals surface area contributed by atoms with Crippen LogP contribution in [0.4, 0.5) is 0 Å². The minimum absolute atomic E-state index is 1.19. The number of rotatable bonds is 1. The first kappa shape index (κ1) is 10.7. The van der Waals surface area contributed by atoms with E-state index in [4.69, 9.17) is 10.2 Å². The lowest BCUT2D eigenvalue weighted by Gasteiger charge is -1.89. The highest BCUT2D eigenvalue weighted by molar-refractivity contribution is 5.71. The summed E-state index contributed by atoms with van der Waals surface area (Å²) in [6.45, 7) is 1.20. The average Bonchev–Trinajstić information content (AvgIpc) is 2.08. The number of hydrogen-bond acceptors (Lipinski definition) is 2. The lowest BCUT2D eigenvalue weighted by Crippen LogP contribution is -2.13. The summed E-state index contributed by atoms with van der Waals surface area (Å²) in [7, 11) is 0. The molecule has 12 heavy (non-hydrogen) atoms. The highest BCUT2D eigenvalue weighted by Crippen LogP contribution is 1.79. The second-order valence-corrected chi connectivity index (χ2v) is 2.17. The third-order valence-electron chi connectivity index (χ3n) is 1.02. The number of aliphatic carboxylic acids is 1. The van der Waals surface area contributed by atoms with Crippen LogP contribution in [-0.4, -0.2) is 22.3 Å². The molecule has 0 spiro atoms. The molecule has 0 saturated heterocycles. The predicted octanol–water partition coefficient (Wildman–Crippen LogP) is 1.14. The molecule has 0 heterocycles. The van der Waals surface area contributed by atoms with Crippen LogP contribution in [0.25, 0.3) is 0 Å². The van der Waals surface area contributed by atoms with E-state index in [9.17, 15) is 4.79 Å². The van der Waals surface area contributed by atoms with Gasteiger partial charge in [-0.15, -0.1) is 0 Å². The van der Waals surface area contributed by atoms with Gasteiger partial charge in [0.1, 0.15) is 6.10 Å². The van der Waals surface area contributed by atoms with Crippen molar-refractivity contribution in [3.8, 4) is 0 Å². The molecular weight excluding hydrogens is 156 g/mol. The molecule has 1 unspecified atom stereocenters. The maximum atomic E-state index is 9.45. The standard InChI is InChI=1S/C6H6.C3H6O3/c1-2-4-6-5-3-1;1-2(4)3(5)6/h1-6H;2,4H,1H3,(H,5,6). The average molecular weight is 168 g/mol. The Hall–Kier alpha value is -1.35. The van der Waals surface area contributed by atoms with Crippen LogP contribution in [0, 0.1) is 0 Å². The van der Waals surface area contributed by atoms with Gasteiger partial charge in [0.05, 0.1) is 0 Å². The highest BCUT2D eigenvalue weighted by Gasteiger charge is 2.01. The zero-order valence-electron chi connectivity index (χ0n) is 6.84. The van der Waals surface area contributed by atoms with Gasteiger partial charge in [-0.2, -0.15) is 0 Å². The van der Waals surface area contributed by atoms with Gasteiger partial charge in [-0.1, -0.05) is 36.4 Å². The van der Waals surface area contributed by atoms with Crippen LogP contribution in [0.5, 0.6) is 0 Å². The number of benzene rings is 1. The zero-order chi connectivity index (χ0) is 9.40. The van der Waals surface area contributed by atoms with Crippen molar-refractivity contribution < 1.29 is 15.0 Å². The first-order chi connectivity index (χ1) is 5.64. The second kappa shape index (κ2) is 6.37. The van der Waals surface area contributed by atoms with Crippen molar-refractivity contribution in [1.29, 1.82) is 0 Å². The van der Waals surface area contributed by atoms with Crippen LogP contribution in [0.2, 0.25) is 0 Å². The Morgan fingerprint density at radius 1 is 1.08 bits per heavy atom. The van der Waals surface area contributed by atoms with Crippen LogP contribution in [0.3, 0.4) is 0 Å². The summed E-state index contributed by atoms with van der Waals surface area (Å²) in [4.78, 5) is 9.45. The minimum atomic E-state index is -1.23. The Bertz CT molecular complexity index is 180. The number of carbonyl (C=O) groups is 1. The van der Waals surface area contributed by atoms with Gasteiger partial charge in [-0.05, 0) is 6.92 Å². The SMILES string of the molecule is CC(O)C(=O)O.c1ccccc1. The molecule has 1 atom stereocenters. The predicted molar refractivity (Wildman–Crippen MR) is 45.8 cm³/mol. The van der Waals surface area contributed by atoms with Crippen LogP contribution in [0.15, 0.2) is 36.4 Å². The maximum absolute atomic E-state index is 9.45. The van der Waals surface area contributed by atoms with Crippen molar-refractivity contribution in [2.75, 3.05) is 0 Å². The first-order valence-electron chi connectivity index (χ1n) is 3.55. The summed E-state index contributed by atoms with van der Waals surface area (Å²) in [5, 5.41) is 15.8. The number of hydrogen-bond donors (Lipinski definition) is 2. The lowest BCUT2D eigenvalue weighted by atomic mass is 10.4. The molecule has 66 valence electrons. The van der Waals surface area contributed by atoms with E-state index in [2.05, 4.69) is 0 Å². The molecule has 2 N–H and O–H groups in total. The third-order valence-corrected chi connectivity index (χ3v) is 1.02. The van der Waals surface area contributed by atoms with Crippen LogP contribution >= 0.6 is 0 Å². The topological polar surface area (TPSA) is 57.5 Å². The molecule has 3 heteroatoms. The summed E-state index contributed by atoms with van der Waals surface area (Å²) in [6, 6.07) is 12.0. The van der Waals surface area contributed by atoms with E-state index in [0.717, 1.165) is 0 Å². The second-order valence-electron chi connectivity index (χ2n) is 2.17. The monoisotopic (exact) mass is 168 g/mol. The van der Waals surface area contributed by atoms with Gasteiger partial charge in [-0.3, -0.25) is 0 Å². The van der Waals surface area contributed by atoms with E-state index in [1.165, 1.54) is 6.92 Å². The molecule has 0 aliphatic heterocycles. The molecule has 0 saturated carbocycles. The van der Waals surface area contributed by atoms with Crippen molar-refractivity contribution in [2.24, 2.45) is 0 Å². The van der Waals surface area contributed by atoms with Gasteiger partial charge in [-0.25, -0.2) is 4.79 Å². The van der Waals surface area contributed by atoms with E-state index < -0.39 is 12.1 Å². The van der Waals surface area contributed by atoms with Gasteiger partial charge < -0.3 is 10.2 Å². The molecule has 1 aromatic carbocycles. The van der Waals surface area contributed by atoms with Crippen LogP contribution in [-0.2, 0) is 4.79 Å². The summed E-state index contributed by atoms with van der Waals surface area (Å²) in [5.74, 6) is -1.19. The van der Waals surface area contributed by atoms with Crippen molar-refractivity contribution in [1.82, 2.24) is 0 Å². The number of carboxylic acid groups (broad SMARTS) is 1. The van der Waals surface area contributed by atoms with Gasteiger partial charge >= 0.3 is 5.97 Å². The molecule has 0 radical (unpaired) electrons. The van der Waals surface area contributed by atoms with Crippen molar-refractivity contribution in [3.05, 3.63) is 36.4 Å². The Balaban J connectivity index is 0.000000202. The zero-order valence-corrected chi connectivity index (χ0v) is 6.84. The molecule has 1 aromatic rings. The molecule has 0 aliphatic carbocycles. The van der Waals surface area contributed by atoms with Gasteiger partial charge in [0, 0.05) is 0 Å². The molecule has 0 aromatic heterocycles. The van der Waals surface area contributed by atoms with E-state index in [1.807, 2.05) is 36.4 Å². The number of aliphatic hydroxyl groups is 1. The summed E-state index contributed by atoms with van der Waals surface area (Å²) >= 11 is 0. The third kappa shape index (κ3) is 6.77. The largest absolute Gasteiger partial charge is 0.479 e. The fourth-order valence-electron chi connectivity index (χ4n) is 0.385. The van der Waals surface area contributed by atoms with Crippen molar-refractivity contribution >= 4 is 5.97 Å². The maximum Gasteiger partial charge on any atom is 0.332 e. The normalized spacial score (nSPS) is 10.8. The molecule has 0 fully saturated rings. The van der Waals surface area contributed by atoms with Crippen LogP contribution in [0.1, 0.15) is 6.92 Å². The number of aliphatic hydroxyl groups excluding tert-OH is 1. The molecular formula is C9H12O3.